The van der Waals surface area contributed by atoms with Crippen molar-refractivity contribution in [3.8, 4) is 5.75 Å². The van der Waals surface area contributed by atoms with E-state index < -0.39 is 21.9 Å². The molecule has 0 saturated heterocycles. The van der Waals surface area contributed by atoms with Crippen molar-refractivity contribution < 1.29 is 27.4 Å². The number of hydrogen-bond donors (Lipinski definition) is 2. The Labute approximate surface area is 234 Å². The van der Waals surface area contributed by atoms with Crippen molar-refractivity contribution in [2.24, 2.45) is 5.92 Å². The van der Waals surface area contributed by atoms with E-state index in [4.69, 9.17) is 4.74 Å². The van der Waals surface area contributed by atoms with Gasteiger partial charge in [-0.25, -0.2) is 12.8 Å². The van der Waals surface area contributed by atoms with Crippen molar-refractivity contribution in [1.82, 2.24) is 14.8 Å². The van der Waals surface area contributed by atoms with Gasteiger partial charge in [0, 0.05) is 49.2 Å². The van der Waals surface area contributed by atoms with E-state index in [1.165, 1.54) is 12.1 Å². The second-order valence-electron chi connectivity index (χ2n) is 10.3. The summed E-state index contributed by atoms with van der Waals surface area (Å²) in [7, 11) is -1.99. The molecular weight excluding hydrogens is 535 g/mol. The summed E-state index contributed by atoms with van der Waals surface area (Å²) in [5.41, 5.74) is 1.88. The summed E-state index contributed by atoms with van der Waals surface area (Å²) in [5, 5.41) is 9.85. The third-order valence-electron chi connectivity index (χ3n) is 6.99. The summed E-state index contributed by atoms with van der Waals surface area (Å²) in [5.74, 6) is -0.308. The highest BCUT2D eigenvalue weighted by molar-refractivity contribution is 7.92. The van der Waals surface area contributed by atoms with Gasteiger partial charge < -0.3 is 14.7 Å². The zero-order chi connectivity index (χ0) is 28.9. The molecule has 40 heavy (non-hydrogen) atoms. The summed E-state index contributed by atoms with van der Waals surface area (Å²) < 4.78 is 48.1. The van der Waals surface area contributed by atoms with Crippen LogP contribution in [0, 0.1) is 11.7 Å². The molecule has 0 saturated carbocycles. The number of pyridine rings is 1. The minimum absolute atomic E-state index is 0.0297. The number of benzene rings is 2. The number of likely N-dealkylation sites (N-methyl/N-ethyl adjacent to an activating group) is 1. The van der Waals surface area contributed by atoms with Crippen molar-refractivity contribution >= 4 is 21.6 Å². The van der Waals surface area contributed by atoms with E-state index in [1.54, 1.807) is 42.4 Å². The molecule has 0 aliphatic carbocycles. The Morgan fingerprint density at radius 3 is 2.55 bits per heavy atom. The highest BCUT2D eigenvalue weighted by atomic mass is 32.2. The standard InChI is InChI=1S/C29H35FN4O5S/c1-20-16-34(21(2)19-35)29(36)15-23-14-25(32-40(37,38)26-7-4-24(30)5-8-26)6-9-27(23)39-28(20)18-33(3)17-22-10-12-31-13-11-22/h4-14,20-21,28,32,35H,15-19H2,1-3H3/t20-,21-,28-/m0/s1. The number of aromatic nitrogens is 1. The SMILES string of the molecule is C[C@H]1CN([C@@H](C)CO)C(=O)Cc2cc(NS(=O)(=O)c3ccc(F)cc3)ccc2O[C@H]1CN(C)Cc1ccncc1. The van der Waals surface area contributed by atoms with E-state index in [0.29, 0.717) is 30.9 Å². The number of anilines is 1. The Kier molecular flexibility index (Phi) is 9.39. The number of nitrogens with zero attached hydrogens (tertiary/aromatic N) is 3. The van der Waals surface area contributed by atoms with E-state index in [9.17, 15) is 22.7 Å². The third kappa shape index (κ3) is 7.35. The lowest BCUT2D eigenvalue weighted by Gasteiger charge is -2.34. The smallest absolute Gasteiger partial charge is 0.261 e. The van der Waals surface area contributed by atoms with Crippen LogP contribution >= 0.6 is 0 Å². The maximum absolute atomic E-state index is 13.4. The van der Waals surface area contributed by atoms with Gasteiger partial charge in [0.25, 0.3) is 10.0 Å². The van der Waals surface area contributed by atoms with E-state index in [1.807, 2.05) is 26.1 Å². The molecule has 11 heteroatoms. The number of amides is 1. The first kappa shape index (κ1) is 29.4. The minimum Gasteiger partial charge on any atom is -0.488 e. The molecule has 0 unspecified atom stereocenters. The van der Waals surface area contributed by atoms with Crippen molar-refractivity contribution in [2.75, 3.05) is 31.5 Å². The Bertz CT molecular complexity index is 1410. The average Bonchev–Trinajstić information content (AvgIpc) is 2.96. The van der Waals surface area contributed by atoms with Gasteiger partial charge in [-0.1, -0.05) is 6.92 Å². The first-order chi connectivity index (χ1) is 19.1. The largest absolute Gasteiger partial charge is 0.488 e. The predicted molar refractivity (Wildman–Crippen MR) is 150 cm³/mol. The summed E-state index contributed by atoms with van der Waals surface area (Å²) in [6.45, 7) is 5.27. The Morgan fingerprint density at radius 1 is 1.18 bits per heavy atom. The number of nitrogens with one attached hydrogen (secondary N) is 1. The van der Waals surface area contributed by atoms with Crippen LogP contribution in [0.4, 0.5) is 10.1 Å². The van der Waals surface area contributed by atoms with Crippen LogP contribution in [0.1, 0.15) is 25.0 Å². The van der Waals surface area contributed by atoms with Crippen LogP contribution < -0.4 is 9.46 Å². The van der Waals surface area contributed by atoms with Gasteiger partial charge in [0.2, 0.25) is 5.91 Å². The molecule has 4 rings (SSSR count). The summed E-state index contributed by atoms with van der Waals surface area (Å²) in [6, 6.07) is 12.9. The molecule has 3 atom stereocenters. The number of aliphatic hydroxyl groups excluding tert-OH is 1. The second kappa shape index (κ2) is 12.8. The van der Waals surface area contributed by atoms with Gasteiger partial charge in [-0.15, -0.1) is 0 Å². The molecule has 2 heterocycles. The monoisotopic (exact) mass is 570 g/mol. The number of fused-ring (bicyclic) bond motifs is 1. The maximum atomic E-state index is 13.4. The molecule has 1 aromatic heterocycles. The number of rotatable bonds is 9. The van der Waals surface area contributed by atoms with Crippen LogP contribution in [0.15, 0.2) is 71.9 Å². The number of aliphatic hydroxyl groups is 1. The number of halogens is 1. The summed E-state index contributed by atoms with van der Waals surface area (Å²) in [4.78, 5) is 21.2. The lowest BCUT2D eigenvalue weighted by atomic mass is 10.0. The Balaban J connectivity index is 1.63. The van der Waals surface area contributed by atoms with Gasteiger partial charge in [0.15, 0.2) is 0 Å². The molecule has 0 fully saturated rings. The van der Waals surface area contributed by atoms with Gasteiger partial charge in [-0.05, 0) is 74.1 Å². The highest BCUT2D eigenvalue weighted by Gasteiger charge is 2.31. The van der Waals surface area contributed by atoms with Gasteiger partial charge >= 0.3 is 0 Å². The minimum atomic E-state index is -3.98. The van der Waals surface area contributed by atoms with Crippen LogP contribution in [0.25, 0.3) is 0 Å². The zero-order valence-electron chi connectivity index (χ0n) is 22.8. The molecule has 1 amide bonds. The molecule has 2 N–H and O–H groups in total. The molecule has 0 radical (unpaired) electrons. The van der Waals surface area contributed by atoms with Gasteiger partial charge in [-0.2, -0.15) is 0 Å². The van der Waals surface area contributed by atoms with Gasteiger partial charge in [0.1, 0.15) is 17.7 Å². The first-order valence-electron chi connectivity index (χ1n) is 13.1. The van der Waals surface area contributed by atoms with E-state index >= 15 is 0 Å². The fourth-order valence-corrected chi connectivity index (χ4v) is 5.76. The van der Waals surface area contributed by atoms with Crippen molar-refractivity contribution in [2.45, 2.75) is 43.9 Å². The maximum Gasteiger partial charge on any atom is 0.261 e. The van der Waals surface area contributed by atoms with Crippen LogP contribution in [0.2, 0.25) is 0 Å². The normalized spacial score (nSPS) is 18.8. The number of sulfonamides is 1. The van der Waals surface area contributed by atoms with Gasteiger partial charge in [-0.3, -0.25) is 19.4 Å². The lowest BCUT2D eigenvalue weighted by molar-refractivity contribution is -0.134. The number of carbonyl (C=O) groups is 1. The van der Waals surface area contributed by atoms with Crippen LogP contribution in [0.3, 0.4) is 0 Å². The molecule has 2 aromatic carbocycles. The van der Waals surface area contributed by atoms with Crippen molar-refractivity contribution in [3.05, 3.63) is 83.9 Å². The van der Waals surface area contributed by atoms with E-state index in [-0.39, 0.29) is 41.5 Å². The first-order valence-corrected chi connectivity index (χ1v) is 14.6. The van der Waals surface area contributed by atoms with E-state index in [2.05, 4.69) is 14.6 Å². The molecule has 0 spiro atoms. The fraction of sp³-hybridized carbons (Fsp3) is 0.379. The topological polar surface area (TPSA) is 112 Å². The number of hydrogen-bond acceptors (Lipinski definition) is 7. The van der Waals surface area contributed by atoms with Crippen LogP contribution in [-0.4, -0.2) is 73.1 Å². The quantitative estimate of drug-likeness (QED) is 0.406. The summed E-state index contributed by atoms with van der Waals surface area (Å²) >= 11 is 0. The molecule has 0 bridgehead atoms. The lowest BCUT2D eigenvalue weighted by Crippen LogP contribution is -2.47. The highest BCUT2D eigenvalue weighted by Crippen LogP contribution is 2.30. The zero-order valence-corrected chi connectivity index (χ0v) is 23.6. The fourth-order valence-electron chi connectivity index (χ4n) is 4.71. The van der Waals surface area contributed by atoms with Crippen molar-refractivity contribution in [1.29, 1.82) is 0 Å². The molecule has 9 nitrogen and oxygen atoms in total. The van der Waals surface area contributed by atoms with Crippen molar-refractivity contribution in [3.63, 3.8) is 0 Å². The van der Waals surface area contributed by atoms with Gasteiger partial charge in [0.05, 0.1) is 24.0 Å². The second-order valence-corrected chi connectivity index (χ2v) is 12.0. The molecule has 1 aliphatic rings. The average molecular weight is 571 g/mol. The number of carbonyl (C=O) groups excluding carboxylic acids is 1. The third-order valence-corrected chi connectivity index (χ3v) is 8.38. The van der Waals surface area contributed by atoms with Crippen LogP contribution in [-0.2, 0) is 27.8 Å². The summed E-state index contributed by atoms with van der Waals surface area (Å²) in [6.07, 6.45) is 3.17. The molecule has 214 valence electrons. The Hall–Kier alpha value is -3.54. The number of ether oxygens (including phenoxy) is 1. The molecule has 1 aliphatic heterocycles. The molecular formula is C29H35FN4O5S. The Morgan fingerprint density at radius 2 is 1.88 bits per heavy atom. The van der Waals surface area contributed by atoms with Crippen LogP contribution in [0.5, 0.6) is 5.75 Å². The predicted octanol–water partition coefficient (Wildman–Crippen LogP) is 3.30. The molecule has 3 aromatic rings. The van der Waals surface area contributed by atoms with E-state index in [0.717, 1.165) is 17.7 Å².